The van der Waals surface area contributed by atoms with Crippen molar-refractivity contribution in [2.45, 2.75) is 17.1 Å². The number of nitrogen functional groups attached to an aromatic ring is 1. The first kappa shape index (κ1) is 20.0. The quantitative estimate of drug-likeness (QED) is 0.666. The number of hydrogen-bond donors (Lipinski definition) is 2. The summed E-state index contributed by atoms with van der Waals surface area (Å²) in [5, 5.41) is 4.88. The van der Waals surface area contributed by atoms with Gasteiger partial charge in [0.2, 0.25) is 5.91 Å². The summed E-state index contributed by atoms with van der Waals surface area (Å²) in [5.74, 6) is -0.265. The SMILES string of the molecule is CN(CCCC(=O)Nc1cc(Cl)c(N)c(Cl)c1)S(=O)(=O)c1cccs1. The summed E-state index contributed by atoms with van der Waals surface area (Å²) in [4.78, 5) is 12.0. The Bertz CT molecular complexity index is 832. The van der Waals surface area contributed by atoms with Crippen LogP contribution in [0.25, 0.3) is 0 Å². The smallest absolute Gasteiger partial charge is 0.252 e. The van der Waals surface area contributed by atoms with Crippen LogP contribution in [-0.4, -0.2) is 32.2 Å². The molecule has 0 spiro atoms. The third-order valence-electron chi connectivity index (χ3n) is 3.40. The zero-order valence-corrected chi connectivity index (χ0v) is 16.5. The number of nitrogens with one attached hydrogen (secondary N) is 1. The third-order valence-corrected chi connectivity index (χ3v) is 7.25. The number of hydrogen-bond acceptors (Lipinski definition) is 5. The highest BCUT2D eigenvalue weighted by atomic mass is 35.5. The van der Waals surface area contributed by atoms with Crippen LogP contribution in [0.4, 0.5) is 11.4 Å². The number of halogens is 2. The number of nitrogens with two attached hydrogens (primary N) is 1. The molecule has 0 saturated heterocycles. The molecule has 1 amide bonds. The van der Waals surface area contributed by atoms with Gasteiger partial charge < -0.3 is 11.1 Å². The molecule has 1 heterocycles. The van der Waals surface area contributed by atoms with Gasteiger partial charge in [-0.1, -0.05) is 29.3 Å². The Kier molecular flexibility index (Phi) is 6.70. The van der Waals surface area contributed by atoms with Crippen molar-refractivity contribution in [3.05, 3.63) is 39.7 Å². The molecule has 1 aromatic carbocycles. The fourth-order valence-corrected chi connectivity index (χ4v) is 4.92. The molecule has 136 valence electrons. The summed E-state index contributed by atoms with van der Waals surface area (Å²) >= 11 is 13.0. The van der Waals surface area contributed by atoms with E-state index in [-0.39, 0.29) is 38.8 Å². The van der Waals surface area contributed by atoms with E-state index in [1.54, 1.807) is 17.5 Å². The topological polar surface area (TPSA) is 92.5 Å². The first-order valence-electron chi connectivity index (χ1n) is 7.26. The Morgan fingerprint density at radius 1 is 1.32 bits per heavy atom. The third kappa shape index (κ3) is 5.08. The van der Waals surface area contributed by atoms with E-state index in [0.717, 1.165) is 11.3 Å². The standard InChI is InChI=1S/C15H17Cl2N3O3S2/c1-20(25(22,23)14-5-3-7-24-14)6-2-4-13(21)19-10-8-11(16)15(18)12(17)9-10/h3,5,7-9H,2,4,6,18H2,1H3,(H,19,21). The fraction of sp³-hybridized carbons (Fsp3) is 0.267. The molecule has 0 atom stereocenters. The number of anilines is 2. The number of carbonyl (C=O) groups excluding carboxylic acids is 1. The lowest BCUT2D eigenvalue weighted by atomic mass is 10.2. The number of nitrogens with zero attached hydrogens (tertiary/aromatic N) is 1. The maximum absolute atomic E-state index is 12.3. The first-order valence-corrected chi connectivity index (χ1v) is 10.3. The van der Waals surface area contributed by atoms with E-state index in [0.29, 0.717) is 12.1 Å². The zero-order chi connectivity index (χ0) is 18.6. The molecular weight excluding hydrogens is 405 g/mol. The van der Waals surface area contributed by atoms with E-state index < -0.39 is 10.0 Å². The number of amides is 1. The highest BCUT2D eigenvalue weighted by Crippen LogP contribution is 2.31. The van der Waals surface area contributed by atoms with E-state index in [2.05, 4.69) is 5.32 Å². The van der Waals surface area contributed by atoms with Crippen molar-refractivity contribution in [3.63, 3.8) is 0 Å². The van der Waals surface area contributed by atoms with Crippen LogP contribution in [0.3, 0.4) is 0 Å². The van der Waals surface area contributed by atoms with E-state index in [9.17, 15) is 13.2 Å². The molecule has 1 aromatic heterocycles. The Hall–Kier alpha value is -1.32. The maximum Gasteiger partial charge on any atom is 0.252 e. The second kappa shape index (κ2) is 8.37. The van der Waals surface area contributed by atoms with Crippen LogP contribution in [-0.2, 0) is 14.8 Å². The molecule has 25 heavy (non-hydrogen) atoms. The van der Waals surface area contributed by atoms with Gasteiger partial charge in [0.1, 0.15) is 4.21 Å². The molecule has 0 radical (unpaired) electrons. The Balaban J connectivity index is 1.86. The fourth-order valence-electron chi connectivity index (χ4n) is 2.03. The molecule has 10 heteroatoms. The lowest BCUT2D eigenvalue weighted by Crippen LogP contribution is -2.28. The number of sulfonamides is 1. The molecule has 0 unspecified atom stereocenters. The van der Waals surface area contributed by atoms with Gasteiger partial charge in [-0.15, -0.1) is 11.3 Å². The minimum Gasteiger partial charge on any atom is -0.396 e. The molecule has 0 saturated carbocycles. The second-order valence-corrected chi connectivity index (χ2v) is 9.30. The average molecular weight is 422 g/mol. The van der Waals surface area contributed by atoms with Crippen LogP contribution in [0, 0.1) is 0 Å². The molecule has 2 aromatic rings. The van der Waals surface area contributed by atoms with E-state index in [1.165, 1.54) is 23.5 Å². The monoisotopic (exact) mass is 421 g/mol. The van der Waals surface area contributed by atoms with E-state index in [4.69, 9.17) is 28.9 Å². The molecule has 3 N–H and O–H groups in total. The average Bonchev–Trinajstić information content (AvgIpc) is 3.07. The van der Waals surface area contributed by atoms with Crippen LogP contribution in [0.5, 0.6) is 0 Å². The number of rotatable bonds is 7. The molecule has 6 nitrogen and oxygen atoms in total. The Labute approximate surface area is 160 Å². The molecular formula is C15H17Cl2N3O3S2. The van der Waals surface area contributed by atoms with Gasteiger partial charge in [-0.3, -0.25) is 4.79 Å². The number of thiophene rings is 1. The molecule has 0 aliphatic rings. The van der Waals surface area contributed by atoms with Crippen LogP contribution in [0.1, 0.15) is 12.8 Å². The van der Waals surface area contributed by atoms with Gasteiger partial charge in [0, 0.05) is 25.7 Å². The predicted molar refractivity (Wildman–Crippen MR) is 103 cm³/mol. The molecule has 0 aliphatic heterocycles. The Morgan fingerprint density at radius 2 is 1.96 bits per heavy atom. The Morgan fingerprint density at radius 3 is 2.52 bits per heavy atom. The van der Waals surface area contributed by atoms with E-state index in [1.807, 2.05) is 0 Å². The minimum absolute atomic E-state index is 0.157. The minimum atomic E-state index is -3.50. The number of benzene rings is 1. The molecule has 0 fully saturated rings. The van der Waals surface area contributed by atoms with Crippen molar-refractivity contribution in [1.29, 1.82) is 0 Å². The van der Waals surface area contributed by atoms with Crippen LogP contribution in [0.2, 0.25) is 10.0 Å². The highest BCUT2D eigenvalue weighted by Gasteiger charge is 2.21. The van der Waals surface area contributed by atoms with Gasteiger partial charge in [-0.05, 0) is 30.0 Å². The largest absolute Gasteiger partial charge is 0.396 e. The van der Waals surface area contributed by atoms with Gasteiger partial charge in [-0.25, -0.2) is 12.7 Å². The predicted octanol–water partition coefficient (Wildman–Crippen LogP) is 3.68. The highest BCUT2D eigenvalue weighted by molar-refractivity contribution is 7.91. The second-order valence-electron chi connectivity index (χ2n) is 5.26. The summed E-state index contributed by atoms with van der Waals surface area (Å²) < 4.78 is 26.0. The lowest BCUT2D eigenvalue weighted by Gasteiger charge is -2.15. The summed E-state index contributed by atoms with van der Waals surface area (Å²) in [6, 6.07) is 6.25. The molecule has 2 rings (SSSR count). The van der Waals surface area contributed by atoms with Crippen molar-refractivity contribution in [2.75, 3.05) is 24.6 Å². The van der Waals surface area contributed by atoms with Crippen molar-refractivity contribution < 1.29 is 13.2 Å². The van der Waals surface area contributed by atoms with Crippen LogP contribution < -0.4 is 11.1 Å². The maximum atomic E-state index is 12.3. The van der Waals surface area contributed by atoms with Gasteiger partial charge in [-0.2, -0.15) is 0 Å². The van der Waals surface area contributed by atoms with Crippen LogP contribution in [0.15, 0.2) is 33.9 Å². The van der Waals surface area contributed by atoms with Gasteiger partial charge >= 0.3 is 0 Å². The van der Waals surface area contributed by atoms with Gasteiger partial charge in [0.15, 0.2) is 0 Å². The molecule has 0 aliphatic carbocycles. The van der Waals surface area contributed by atoms with Gasteiger partial charge in [0.25, 0.3) is 10.0 Å². The van der Waals surface area contributed by atoms with Crippen molar-refractivity contribution in [1.82, 2.24) is 4.31 Å². The van der Waals surface area contributed by atoms with Gasteiger partial charge in [0.05, 0.1) is 15.7 Å². The molecule has 0 bridgehead atoms. The van der Waals surface area contributed by atoms with E-state index >= 15 is 0 Å². The number of carbonyl (C=O) groups is 1. The summed E-state index contributed by atoms with van der Waals surface area (Å²) in [5.41, 5.74) is 6.33. The van der Waals surface area contributed by atoms with Crippen molar-refractivity contribution >= 4 is 61.8 Å². The van der Waals surface area contributed by atoms with Crippen molar-refractivity contribution in [3.8, 4) is 0 Å². The van der Waals surface area contributed by atoms with Crippen molar-refractivity contribution in [2.24, 2.45) is 0 Å². The summed E-state index contributed by atoms with van der Waals surface area (Å²) in [6.45, 7) is 0.233. The zero-order valence-electron chi connectivity index (χ0n) is 13.3. The van der Waals surface area contributed by atoms with Crippen LogP contribution >= 0.6 is 34.5 Å². The summed E-state index contributed by atoms with van der Waals surface area (Å²) in [6.07, 6.45) is 0.535. The lowest BCUT2D eigenvalue weighted by molar-refractivity contribution is -0.116. The normalized spacial score (nSPS) is 11.7. The first-order chi connectivity index (χ1) is 11.7. The summed E-state index contributed by atoms with van der Waals surface area (Å²) in [7, 11) is -2.00.